The Morgan fingerprint density at radius 3 is 2.57 bits per heavy atom. The number of methoxy groups -OCH3 is 1. The van der Waals surface area contributed by atoms with E-state index in [1.165, 1.54) is 0 Å². The molecular weight excluding hydrogens is 282 g/mol. The van der Waals surface area contributed by atoms with Crippen molar-refractivity contribution in [2.75, 3.05) is 13.7 Å². The Morgan fingerprint density at radius 1 is 1.24 bits per heavy atom. The molecule has 0 bridgehead atoms. The molecule has 2 atom stereocenters. The van der Waals surface area contributed by atoms with Crippen molar-refractivity contribution in [1.82, 2.24) is 5.32 Å². The highest BCUT2D eigenvalue weighted by Gasteiger charge is 2.20. The van der Waals surface area contributed by atoms with Gasteiger partial charge in [0.2, 0.25) is 5.91 Å². The Balaban J connectivity index is 1.97. The highest BCUT2D eigenvalue weighted by atomic mass is 32.1. The Hall–Kier alpha value is -1.65. The zero-order valence-electron chi connectivity index (χ0n) is 12.4. The lowest BCUT2D eigenvalue weighted by Gasteiger charge is -2.19. The number of hydrogen-bond acceptors (Lipinski definition) is 3. The molecule has 0 aliphatic carbocycles. The predicted molar refractivity (Wildman–Crippen MR) is 86.6 cm³/mol. The number of hydrogen-bond donors (Lipinski definition) is 1. The molecule has 0 radical (unpaired) electrons. The van der Waals surface area contributed by atoms with E-state index < -0.39 is 0 Å². The van der Waals surface area contributed by atoms with Crippen molar-refractivity contribution in [1.29, 1.82) is 0 Å². The molecule has 2 rings (SSSR count). The molecule has 0 aliphatic heterocycles. The van der Waals surface area contributed by atoms with E-state index in [1.54, 1.807) is 18.4 Å². The van der Waals surface area contributed by atoms with Gasteiger partial charge in [-0.15, -0.1) is 0 Å². The van der Waals surface area contributed by atoms with Gasteiger partial charge in [-0.1, -0.05) is 37.3 Å². The van der Waals surface area contributed by atoms with Crippen LogP contribution in [0, 0.1) is 0 Å². The summed E-state index contributed by atoms with van der Waals surface area (Å²) >= 11 is 1.63. The highest BCUT2D eigenvalue weighted by Crippen LogP contribution is 2.21. The molecule has 1 aromatic heterocycles. The first kappa shape index (κ1) is 15.7. The summed E-state index contributed by atoms with van der Waals surface area (Å²) in [5, 5.41) is 7.08. The molecule has 4 heteroatoms. The number of carbonyl (C=O) groups is 1. The van der Waals surface area contributed by atoms with Crippen LogP contribution in [0.15, 0.2) is 47.2 Å². The number of benzene rings is 1. The Bertz CT molecular complexity index is 539. The molecule has 0 fully saturated rings. The van der Waals surface area contributed by atoms with Crippen LogP contribution < -0.4 is 5.32 Å². The van der Waals surface area contributed by atoms with E-state index in [1.807, 2.05) is 48.7 Å². The van der Waals surface area contributed by atoms with Gasteiger partial charge in [-0.3, -0.25) is 4.79 Å². The zero-order valence-corrected chi connectivity index (χ0v) is 13.2. The number of thiophene rings is 1. The first-order valence-electron chi connectivity index (χ1n) is 7.13. The third-order valence-electron chi connectivity index (χ3n) is 3.59. The average molecular weight is 303 g/mol. The van der Waals surface area contributed by atoms with Crippen molar-refractivity contribution >= 4 is 17.2 Å². The van der Waals surface area contributed by atoms with Crippen LogP contribution in [-0.4, -0.2) is 19.6 Å². The minimum Gasteiger partial charge on any atom is -0.375 e. The zero-order chi connectivity index (χ0) is 15.1. The second-order valence-corrected chi connectivity index (χ2v) is 5.68. The van der Waals surface area contributed by atoms with Gasteiger partial charge in [0.25, 0.3) is 0 Å². The van der Waals surface area contributed by atoms with Gasteiger partial charge < -0.3 is 10.1 Å². The summed E-state index contributed by atoms with van der Waals surface area (Å²) < 4.78 is 5.46. The van der Waals surface area contributed by atoms with E-state index in [-0.39, 0.29) is 17.9 Å². The van der Waals surface area contributed by atoms with Gasteiger partial charge in [0.1, 0.15) is 6.10 Å². The minimum atomic E-state index is -0.105. The van der Waals surface area contributed by atoms with Gasteiger partial charge in [-0.2, -0.15) is 11.3 Å². The number of rotatable bonds is 7. The van der Waals surface area contributed by atoms with Gasteiger partial charge in [0, 0.05) is 13.7 Å². The number of amides is 1. The quantitative estimate of drug-likeness (QED) is 0.846. The summed E-state index contributed by atoms with van der Waals surface area (Å²) in [6, 6.07) is 11.9. The second-order valence-electron chi connectivity index (χ2n) is 4.90. The summed E-state index contributed by atoms with van der Waals surface area (Å²) in [5.74, 6) is -0.0489. The third kappa shape index (κ3) is 4.16. The summed E-state index contributed by atoms with van der Waals surface area (Å²) in [6.07, 6.45) is 0.694. The summed E-state index contributed by atoms with van der Waals surface area (Å²) in [4.78, 5) is 12.4. The van der Waals surface area contributed by atoms with Crippen molar-refractivity contribution in [3.8, 4) is 0 Å². The van der Waals surface area contributed by atoms with Crippen LogP contribution in [0.3, 0.4) is 0 Å². The van der Waals surface area contributed by atoms with Crippen molar-refractivity contribution in [3.05, 3.63) is 58.3 Å². The molecule has 2 aromatic rings. The van der Waals surface area contributed by atoms with Gasteiger partial charge in [-0.25, -0.2) is 0 Å². The molecule has 0 saturated carbocycles. The minimum absolute atomic E-state index is 0.0565. The fourth-order valence-electron chi connectivity index (χ4n) is 2.37. The van der Waals surface area contributed by atoms with Crippen molar-refractivity contribution in [2.45, 2.75) is 25.4 Å². The van der Waals surface area contributed by atoms with Crippen LogP contribution in [-0.2, 0) is 9.53 Å². The van der Waals surface area contributed by atoms with Crippen LogP contribution in [0.5, 0.6) is 0 Å². The first-order chi connectivity index (χ1) is 10.3. The van der Waals surface area contributed by atoms with E-state index in [2.05, 4.69) is 10.7 Å². The second kappa shape index (κ2) is 7.96. The van der Waals surface area contributed by atoms with Crippen molar-refractivity contribution in [3.63, 3.8) is 0 Å². The highest BCUT2D eigenvalue weighted by molar-refractivity contribution is 7.07. The molecular formula is C17H21NO2S. The Kier molecular flexibility index (Phi) is 5.96. The Labute approximate surface area is 130 Å². The number of carbonyl (C=O) groups excluding carboxylic acids is 1. The molecule has 3 nitrogen and oxygen atoms in total. The number of ether oxygens (including phenoxy) is 1. The summed E-state index contributed by atoms with van der Waals surface area (Å²) in [6.45, 7) is 2.53. The fourth-order valence-corrected chi connectivity index (χ4v) is 3.07. The fraction of sp³-hybridized carbons (Fsp3) is 0.353. The van der Waals surface area contributed by atoms with E-state index in [4.69, 9.17) is 4.74 Å². The Morgan fingerprint density at radius 2 is 2.00 bits per heavy atom. The lowest BCUT2D eigenvalue weighted by atomic mass is 9.95. The number of nitrogens with one attached hydrogen (secondary N) is 1. The van der Waals surface area contributed by atoms with Gasteiger partial charge in [0.05, 0.1) is 5.92 Å². The molecule has 112 valence electrons. The lowest BCUT2D eigenvalue weighted by molar-refractivity contribution is -0.123. The molecule has 21 heavy (non-hydrogen) atoms. The van der Waals surface area contributed by atoms with E-state index in [0.717, 1.165) is 17.5 Å². The maximum Gasteiger partial charge on any atom is 0.227 e. The normalized spacial score (nSPS) is 13.6. The van der Waals surface area contributed by atoms with Gasteiger partial charge in [0.15, 0.2) is 0 Å². The molecule has 1 amide bonds. The van der Waals surface area contributed by atoms with Crippen LogP contribution in [0.1, 0.15) is 36.5 Å². The van der Waals surface area contributed by atoms with E-state index in [9.17, 15) is 4.79 Å². The SMILES string of the molecule is CCC(C(=O)NCC(OC)c1ccsc1)c1ccccc1. The average Bonchev–Trinajstić information content (AvgIpc) is 3.04. The summed E-state index contributed by atoms with van der Waals surface area (Å²) in [5.41, 5.74) is 2.16. The topological polar surface area (TPSA) is 38.3 Å². The van der Waals surface area contributed by atoms with Crippen molar-refractivity contribution < 1.29 is 9.53 Å². The van der Waals surface area contributed by atoms with Crippen LogP contribution >= 0.6 is 11.3 Å². The molecule has 1 heterocycles. The monoisotopic (exact) mass is 303 g/mol. The molecule has 1 aromatic carbocycles. The maximum atomic E-state index is 12.4. The van der Waals surface area contributed by atoms with Crippen LogP contribution in [0.4, 0.5) is 0 Å². The predicted octanol–water partition coefficient (Wildman–Crippen LogP) is 3.75. The van der Waals surface area contributed by atoms with Gasteiger partial charge in [-0.05, 0) is 34.4 Å². The van der Waals surface area contributed by atoms with E-state index >= 15 is 0 Å². The third-order valence-corrected chi connectivity index (χ3v) is 4.29. The van der Waals surface area contributed by atoms with Crippen LogP contribution in [0.2, 0.25) is 0 Å². The van der Waals surface area contributed by atoms with Gasteiger partial charge >= 0.3 is 0 Å². The molecule has 2 unspecified atom stereocenters. The van der Waals surface area contributed by atoms with Crippen LogP contribution in [0.25, 0.3) is 0 Å². The van der Waals surface area contributed by atoms with E-state index in [0.29, 0.717) is 6.54 Å². The molecule has 0 spiro atoms. The smallest absolute Gasteiger partial charge is 0.227 e. The first-order valence-corrected chi connectivity index (χ1v) is 8.08. The maximum absolute atomic E-state index is 12.4. The van der Waals surface area contributed by atoms with Crippen molar-refractivity contribution in [2.24, 2.45) is 0 Å². The summed E-state index contributed by atoms with van der Waals surface area (Å²) in [7, 11) is 1.67. The largest absolute Gasteiger partial charge is 0.375 e. The molecule has 0 aliphatic rings. The standard InChI is InChI=1S/C17H21NO2S/c1-3-15(13-7-5-4-6-8-13)17(19)18-11-16(20-2)14-9-10-21-12-14/h4-10,12,15-16H,3,11H2,1-2H3,(H,18,19). The lowest BCUT2D eigenvalue weighted by Crippen LogP contribution is -2.33. The molecule has 1 N–H and O–H groups in total. The molecule has 0 saturated heterocycles.